The van der Waals surface area contributed by atoms with Crippen molar-refractivity contribution in [1.29, 1.82) is 0 Å². The van der Waals surface area contributed by atoms with Gasteiger partial charge in [-0.2, -0.15) is 0 Å². The average Bonchev–Trinajstić information content (AvgIpc) is 2.77. The SMILES string of the molecule is CC1(CNCc2cccs2)CCNC1.Cl. The molecule has 0 bridgehead atoms. The average molecular weight is 247 g/mol. The second kappa shape index (κ2) is 5.85. The van der Waals surface area contributed by atoms with Gasteiger partial charge in [0.1, 0.15) is 0 Å². The molecule has 2 nitrogen and oxygen atoms in total. The molecule has 2 rings (SSSR count). The van der Waals surface area contributed by atoms with E-state index in [9.17, 15) is 0 Å². The molecule has 1 fully saturated rings. The van der Waals surface area contributed by atoms with Gasteiger partial charge in [0.15, 0.2) is 0 Å². The van der Waals surface area contributed by atoms with Gasteiger partial charge in [-0.3, -0.25) is 0 Å². The minimum atomic E-state index is 0. The van der Waals surface area contributed by atoms with Gasteiger partial charge in [0.05, 0.1) is 0 Å². The van der Waals surface area contributed by atoms with Crippen LogP contribution in [0.5, 0.6) is 0 Å². The smallest absolute Gasteiger partial charge is 0.0299 e. The zero-order chi connectivity index (χ0) is 9.86. The van der Waals surface area contributed by atoms with Crippen LogP contribution in [0.2, 0.25) is 0 Å². The number of hydrogen-bond donors (Lipinski definition) is 2. The van der Waals surface area contributed by atoms with Crippen molar-refractivity contribution >= 4 is 23.7 Å². The van der Waals surface area contributed by atoms with Crippen molar-refractivity contribution in [2.75, 3.05) is 19.6 Å². The van der Waals surface area contributed by atoms with Gasteiger partial charge in [0, 0.05) is 24.5 Å². The standard InChI is InChI=1S/C11H18N2S.ClH/c1-11(4-5-12-8-11)9-13-7-10-3-2-6-14-10;/h2-3,6,12-13H,4-5,7-9H2,1H3;1H. The fraction of sp³-hybridized carbons (Fsp3) is 0.636. The Morgan fingerprint density at radius 2 is 2.47 bits per heavy atom. The molecule has 2 N–H and O–H groups in total. The maximum Gasteiger partial charge on any atom is 0.0299 e. The van der Waals surface area contributed by atoms with Crippen LogP contribution in [0.3, 0.4) is 0 Å². The summed E-state index contributed by atoms with van der Waals surface area (Å²) in [5.41, 5.74) is 0.470. The zero-order valence-corrected chi connectivity index (χ0v) is 10.7. The van der Waals surface area contributed by atoms with Crippen molar-refractivity contribution in [2.24, 2.45) is 5.41 Å². The van der Waals surface area contributed by atoms with E-state index in [0.29, 0.717) is 5.41 Å². The third-order valence-corrected chi connectivity index (χ3v) is 3.76. The first-order valence-electron chi connectivity index (χ1n) is 5.22. The first kappa shape index (κ1) is 13.0. The molecule has 1 aromatic rings. The minimum absolute atomic E-state index is 0. The van der Waals surface area contributed by atoms with Crippen molar-refractivity contribution in [3.63, 3.8) is 0 Å². The maximum atomic E-state index is 3.54. The summed E-state index contributed by atoms with van der Waals surface area (Å²) >= 11 is 1.83. The highest BCUT2D eigenvalue weighted by Crippen LogP contribution is 2.23. The van der Waals surface area contributed by atoms with Crippen LogP contribution in [0.25, 0.3) is 0 Å². The molecule has 86 valence electrons. The van der Waals surface area contributed by atoms with E-state index in [1.807, 2.05) is 11.3 Å². The fourth-order valence-corrected chi connectivity index (χ4v) is 2.59. The van der Waals surface area contributed by atoms with Crippen LogP contribution in [0.4, 0.5) is 0 Å². The first-order valence-corrected chi connectivity index (χ1v) is 6.10. The Kier molecular flexibility index (Phi) is 5.06. The third kappa shape index (κ3) is 3.76. The van der Waals surface area contributed by atoms with Gasteiger partial charge in [0.25, 0.3) is 0 Å². The van der Waals surface area contributed by atoms with Gasteiger partial charge in [-0.1, -0.05) is 13.0 Å². The highest BCUT2D eigenvalue weighted by atomic mass is 35.5. The predicted molar refractivity (Wildman–Crippen MR) is 68.9 cm³/mol. The molecular formula is C11H19ClN2S. The van der Waals surface area contributed by atoms with E-state index in [-0.39, 0.29) is 12.4 Å². The topological polar surface area (TPSA) is 24.1 Å². The van der Waals surface area contributed by atoms with Gasteiger partial charge >= 0.3 is 0 Å². The molecule has 0 aliphatic carbocycles. The lowest BCUT2D eigenvalue weighted by Gasteiger charge is -2.22. The van der Waals surface area contributed by atoms with Crippen LogP contribution in [0.15, 0.2) is 17.5 Å². The van der Waals surface area contributed by atoms with Crippen molar-refractivity contribution in [1.82, 2.24) is 10.6 Å². The third-order valence-electron chi connectivity index (χ3n) is 2.89. The van der Waals surface area contributed by atoms with Crippen LogP contribution in [0.1, 0.15) is 18.2 Å². The zero-order valence-electron chi connectivity index (χ0n) is 9.08. The van der Waals surface area contributed by atoms with E-state index < -0.39 is 0 Å². The molecule has 0 radical (unpaired) electrons. The monoisotopic (exact) mass is 246 g/mol. The molecule has 15 heavy (non-hydrogen) atoms. The van der Waals surface area contributed by atoms with E-state index in [4.69, 9.17) is 0 Å². The Balaban J connectivity index is 0.00000112. The lowest BCUT2D eigenvalue weighted by atomic mass is 9.90. The van der Waals surface area contributed by atoms with Crippen LogP contribution in [0, 0.1) is 5.41 Å². The lowest BCUT2D eigenvalue weighted by Crippen LogP contribution is -2.33. The number of thiophene rings is 1. The second-order valence-electron chi connectivity index (χ2n) is 4.42. The molecule has 1 saturated heterocycles. The van der Waals surface area contributed by atoms with Crippen LogP contribution in [-0.2, 0) is 6.54 Å². The molecule has 1 aliphatic rings. The number of hydrogen-bond acceptors (Lipinski definition) is 3. The molecule has 0 spiro atoms. The molecule has 1 aliphatic heterocycles. The molecule has 4 heteroatoms. The van der Waals surface area contributed by atoms with E-state index >= 15 is 0 Å². The van der Waals surface area contributed by atoms with Gasteiger partial charge in [-0.05, 0) is 29.8 Å². The molecule has 0 amide bonds. The minimum Gasteiger partial charge on any atom is -0.316 e. The number of nitrogens with one attached hydrogen (secondary N) is 2. The summed E-state index contributed by atoms with van der Waals surface area (Å²) in [4.78, 5) is 1.43. The molecule has 1 aromatic heterocycles. The van der Waals surface area contributed by atoms with E-state index in [1.54, 1.807) is 0 Å². The Bertz CT molecular complexity index is 268. The first-order chi connectivity index (χ1) is 6.79. The quantitative estimate of drug-likeness (QED) is 0.852. The van der Waals surface area contributed by atoms with E-state index in [1.165, 1.54) is 17.8 Å². The van der Waals surface area contributed by atoms with Crippen molar-refractivity contribution < 1.29 is 0 Å². The van der Waals surface area contributed by atoms with Crippen LogP contribution < -0.4 is 10.6 Å². The maximum absolute atomic E-state index is 3.54. The van der Waals surface area contributed by atoms with Crippen molar-refractivity contribution in [2.45, 2.75) is 19.9 Å². The van der Waals surface area contributed by atoms with Gasteiger partial charge in [0.2, 0.25) is 0 Å². The second-order valence-corrected chi connectivity index (χ2v) is 5.45. The van der Waals surface area contributed by atoms with Gasteiger partial charge < -0.3 is 10.6 Å². The van der Waals surface area contributed by atoms with E-state index in [0.717, 1.165) is 19.6 Å². The van der Waals surface area contributed by atoms with Crippen molar-refractivity contribution in [3.8, 4) is 0 Å². The summed E-state index contributed by atoms with van der Waals surface area (Å²) in [6.45, 7) is 6.83. The molecule has 0 saturated carbocycles. The van der Waals surface area contributed by atoms with Crippen LogP contribution in [-0.4, -0.2) is 19.6 Å². The predicted octanol–water partition coefficient (Wildman–Crippen LogP) is 2.26. The summed E-state index contributed by atoms with van der Waals surface area (Å²) in [5, 5.41) is 9.09. The molecule has 1 atom stereocenters. The number of rotatable bonds is 4. The lowest BCUT2D eigenvalue weighted by molar-refractivity contribution is 0.340. The Morgan fingerprint density at radius 1 is 1.60 bits per heavy atom. The largest absolute Gasteiger partial charge is 0.316 e. The van der Waals surface area contributed by atoms with Crippen molar-refractivity contribution in [3.05, 3.63) is 22.4 Å². The highest BCUT2D eigenvalue weighted by Gasteiger charge is 2.27. The van der Waals surface area contributed by atoms with E-state index in [2.05, 4.69) is 35.1 Å². The fourth-order valence-electron chi connectivity index (χ4n) is 1.92. The molecule has 2 heterocycles. The Morgan fingerprint density at radius 3 is 3.07 bits per heavy atom. The van der Waals surface area contributed by atoms with Gasteiger partial charge in [-0.25, -0.2) is 0 Å². The summed E-state index contributed by atoms with van der Waals surface area (Å²) in [6, 6.07) is 4.30. The van der Waals surface area contributed by atoms with Gasteiger partial charge in [-0.15, -0.1) is 23.7 Å². The number of halogens is 1. The summed E-state index contributed by atoms with van der Waals surface area (Å²) in [5.74, 6) is 0. The summed E-state index contributed by atoms with van der Waals surface area (Å²) in [7, 11) is 0. The Labute approximate surface area is 102 Å². The molecule has 0 aromatic carbocycles. The highest BCUT2D eigenvalue weighted by molar-refractivity contribution is 7.09. The normalized spacial score (nSPS) is 25.1. The van der Waals surface area contributed by atoms with Crippen LogP contribution >= 0.6 is 23.7 Å². The molecule has 1 unspecified atom stereocenters. The Hall–Kier alpha value is -0.0900. The molecular weight excluding hydrogens is 228 g/mol. The summed E-state index contributed by atoms with van der Waals surface area (Å²) < 4.78 is 0. The summed E-state index contributed by atoms with van der Waals surface area (Å²) in [6.07, 6.45) is 1.30.